The Morgan fingerprint density at radius 2 is 1.78 bits per heavy atom. The minimum absolute atomic E-state index is 0.0200. The van der Waals surface area contributed by atoms with E-state index in [-0.39, 0.29) is 17.6 Å². The zero-order chi connectivity index (χ0) is 25.7. The van der Waals surface area contributed by atoms with Crippen molar-refractivity contribution in [2.45, 2.75) is 18.9 Å². The van der Waals surface area contributed by atoms with Gasteiger partial charge in [-0.3, -0.25) is 9.36 Å². The molecule has 0 aliphatic carbocycles. The molecule has 5 aromatic rings. The number of aromatic amines is 1. The number of fused-ring (bicyclic) bond motifs is 1. The Labute approximate surface area is 222 Å². The molecule has 0 atom stereocenters. The average Bonchev–Trinajstić information content (AvgIpc) is 3.61. The Hall–Kier alpha value is -3.75. The van der Waals surface area contributed by atoms with E-state index >= 15 is 0 Å². The first kappa shape index (κ1) is 23.6. The Balaban J connectivity index is 1.31. The third-order valence-corrected chi connectivity index (χ3v) is 7.76. The summed E-state index contributed by atoms with van der Waals surface area (Å²) in [6.45, 7) is 1.06. The summed E-state index contributed by atoms with van der Waals surface area (Å²) in [5.74, 6) is -0.122. The third-order valence-electron chi connectivity index (χ3n) is 7.02. The summed E-state index contributed by atoms with van der Waals surface area (Å²) in [6.07, 6.45) is 3.30. The van der Waals surface area contributed by atoms with Crippen LogP contribution in [-0.2, 0) is 7.05 Å². The van der Waals surface area contributed by atoms with Crippen LogP contribution in [0.4, 0.5) is 0 Å². The molecule has 1 fully saturated rings. The number of aryl methyl sites for hydroxylation is 1. The molecule has 37 heavy (non-hydrogen) atoms. The number of carbonyl (C=O) groups is 1. The number of piperidine rings is 1. The maximum Gasteiger partial charge on any atom is 0.326 e. The second kappa shape index (κ2) is 9.28. The molecule has 188 valence electrons. The van der Waals surface area contributed by atoms with Crippen LogP contribution in [0.2, 0.25) is 10.0 Å². The molecule has 6 rings (SSSR count). The third kappa shape index (κ3) is 4.16. The van der Waals surface area contributed by atoms with E-state index < -0.39 is 0 Å². The van der Waals surface area contributed by atoms with E-state index in [1.165, 1.54) is 0 Å². The SMILES string of the molecule is Cn1cccc1-c1cc(C(=O)N2CCC(n3c(=O)[nH]c4ccccc43)CC2)n(-c2ccc(Cl)c(Cl)c2)n1. The molecule has 1 N–H and O–H groups in total. The molecule has 0 unspecified atom stereocenters. The van der Waals surface area contributed by atoms with Crippen molar-refractivity contribution >= 4 is 40.1 Å². The van der Waals surface area contributed by atoms with Gasteiger partial charge in [0.2, 0.25) is 0 Å². The molecule has 0 spiro atoms. The Morgan fingerprint density at radius 3 is 2.51 bits per heavy atom. The first-order chi connectivity index (χ1) is 17.9. The number of hydrogen-bond acceptors (Lipinski definition) is 3. The van der Waals surface area contributed by atoms with Crippen molar-refractivity contribution in [1.82, 2.24) is 28.8 Å². The van der Waals surface area contributed by atoms with E-state index in [0.717, 1.165) is 16.7 Å². The molecule has 4 heterocycles. The number of aromatic nitrogens is 5. The second-order valence-corrected chi connectivity index (χ2v) is 10.1. The van der Waals surface area contributed by atoms with Crippen molar-refractivity contribution in [2.24, 2.45) is 7.05 Å². The lowest BCUT2D eigenvalue weighted by molar-refractivity contribution is 0.0685. The Morgan fingerprint density at radius 1 is 1.00 bits per heavy atom. The monoisotopic (exact) mass is 534 g/mol. The van der Waals surface area contributed by atoms with Gasteiger partial charge in [-0.25, -0.2) is 9.48 Å². The number of likely N-dealkylation sites (tertiary alicyclic amines) is 1. The summed E-state index contributed by atoms with van der Waals surface area (Å²) < 4.78 is 5.41. The smallest absolute Gasteiger partial charge is 0.326 e. The number of imidazole rings is 1. The predicted molar refractivity (Wildman–Crippen MR) is 145 cm³/mol. The van der Waals surface area contributed by atoms with Crippen LogP contribution in [0.5, 0.6) is 0 Å². The van der Waals surface area contributed by atoms with E-state index in [1.54, 1.807) is 22.9 Å². The van der Waals surface area contributed by atoms with Gasteiger partial charge in [-0.2, -0.15) is 5.10 Å². The summed E-state index contributed by atoms with van der Waals surface area (Å²) in [4.78, 5) is 31.2. The highest BCUT2D eigenvalue weighted by molar-refractivity contribution is 6.42. The molecule has 1 saturated heterocycles. The average molecular weight is 535 g/mol. The first-order valence-electron chi connectivity index (χ1n) is 12.1. The van der Waals surface area contributed by atoms with E-state index in [1.807, 2.05) is 69.7 Å². The van der Waals surface area contributed by atoms with E-state index in [9.17, 15) is 9.59 Å². The van der Waals surface area contributed by atoms with Gasteiger partial charge in [-0.15, -0.1) is 0 Å². The number of nitrogens with one attached hydrogen (secondary N) is 1. The van der Waals surface area contributed by atoms with Gasteiger partial charge >= 0.3 is 5.69 Å². The summed E-state index contributed by atoms with van der Waals surface area (Å²) >= 11 is 12.4. The molecule has 1 aliphatic heterocycles. The minimum Gasteiger partial charge on any atom is -0.349 e. The second-order valence-electron chi connectivity index (χ2n) is 9.27. The lowest BCUT2D eigenvalue weighted by Gasteiger charge is -2.32. The van der Waals surface area contributed by atoms with Gasteiger partial charge in [0, 0.05) is 32.4 Å². The number of carbonyl (C=O) groups excluding carboxylic acids is 1. The van der Waals surface area contributed by atoms with Gasteiger partial charge in [0.1, 0.15) is 11.4 Å². The zero-order valence-corrected chi connectivity index (χ0v) is 21.6. The summed E-state index contributed by atoms with van der Waals surface area (Å²) in [5, 5.41) is 5.59. The number of halogens is 2. The van der Waals surface area contributed by atoms with Crippen LogP contribution in [0.3, 0.4) is 0 Å². The van der Waals surface area contributed by atoms with Crippen molar-refractivity contribution in [1.29, 1.82) is 0 Å². The first-order valence-corrected chi connectivity index (χ1v) is 12.8. The summed E-state index contributed by atoms with van der Waals surface area (Å²) in [5.41, 5.74) is 4.27. The zero-order valence-electron chi connectivity index (χ0n) is 20.1. The van der Waals surface area contributed by atoms with Crippen LogP contribution in [0.25, 0.3) is 28.1 Å². The van der Waals surface area contributed by atoms with Gasteiger partial charge in [0.05, 0.1) is 32.5 Å². The standard InChI is InChI=1S/C27H24Cl2N6O2/c1-32-12-4-7-23(32)22-16-25(35(31-22)18-8-9-19(28)20(29)15-18)26(36)33-13-10-17(11-14-33)34-24-6-3-2-5-21(24)30-27(34)37/h2-9,12,15-17H,10-11,13-14H2,1H3,(H,30,37). The highest BCUT2D eigenvalue weighted by atomic mass is 35.5. The van der Waals surface area contributed by atoms with Gasteiger partial charge < -0.3 is 14.5 Å². The molecule has 0 saturated carbocycles. The highest BCUT2D eigenvalue weighted by Crippen LogP contribution is 2.30. The molecule has 0 bridgehead atoms. The summed E-state index contributed by atoms with van der Waals surface area (Å²) in [6, 6.07) is 18.6. The van der Waals surface area contributed by atoms with Crippen molar-refractivity contribution in [2.75, 3.05) is 13.1 Å². The van der Waals surface area contributed by atoms with Gasteiger partial charge in [0.15, 0.2) is 0 Å². The predicted octanol–water partition coefficient (Wildman–Crippen LogP) is 5.30. The Kier molecular flexibility index (Phi) is 5.93. The molecule has 1 amide bonds. The van der Waals surface area contributed by atoms with E-state index in [0.29, 0.717) is 53.1 Å². The number of para-hydroxylation sites is 2. The highest BCUT2D eigenvalue weighted by Gasteiger charge is 2.29. The molecule has 0 radical (unpaired) electrons. The molecule has 2 aromatic carbocycles. The number of rotatable bonds is 4. The lowest BCUT2D eigenvalue weighted by Crippen LogP contribution is -2.41. The van der Waals surface area contributed by atoms with Gasteiger partial charge in [0.25, 0.3) is 5.91 Å². The topological polar surface area (TPSA) is 80.9 Å². The van der Waals surface area contributed by atoms with Crippen LogP contribution in [-0.4, -0.2) is 47.8 Å². The number of benzene rings is 2. The van der Waals surface area contributed by atoms with Gasteiger partial charge in [-0.1, -0.05) is 35.3 Å². The minimum atomic E-state index is -0.122. The molecule has 8 nitrogen and oxygen atoms in total. The van der Waals surface area contributed by atoms with E-state index in [2.05, 4.69) is 4.98 Å². The number of nitrogens with zero attached hydrogens (tertiary/aromatic N) is 5. The van der Waals surface area contributed by atoms with Crippen molar-refractivity contribution < 1.29 is 4.79 Å². The lowest BCUT2D eigenvalue weighted by atomic mass is 10.0. The molecule has 10 heteroatoms. The van der Waals surface area contributed by atoms with E-state index in [4.69, 9.17) is 28.3 Å². The molecule has 1 aliphatic rings. The Bertz CT molecular complexity index is 1690. The maximum absolute atomic E-state index is 13.8. The van der Waals surface area contributed by atoms with Crippen LogP contribution in [0, 0.1) is 0 Å². The van der Waals surface area contributed by atoms with Crippen LogP contribution >= 0.6 is 23.2 Å². The molecular weight excluding hydrogens is 511 g/mol. The van der Waals surface area contributed by atoms with Crippen molar-refractivity contribution in [3.05, 3.63) is 93.1 Å². The normalized spacial score (nSPS) is 14.5. The largest absolute Gasteiger partial charge is 0.349 e. The van der Waals surface area contributed by atoms with Crippen molar-refractivity contribution in [3.63, 3.8) is 0 Å². The molecular formula is C27H24Cl2N6O2. The quantitative estimate of drug-likeness (QED) is 0.339. The molecule has 3 aromatic heterocycles. The maximum atomic E-state index is 13.8. The van der Waals surface area contributed by atoms with Crippen LogP contribution in [0.15, 0.2) is 71.7 Å². The summed E-state index contributed by atoms with van der Waals surface area (Å²) in [7, 11) is 1.94. The van der Waals surface area contributed by atoms with Crippen molar-refractivity contribution in [3.8, 4) is 17.1 Å². The number of hydrogen-bond donors (Lipinski definition) is 1. The fourth-order valence-electron chi connectivity index (χ4n) is 5.13. The fourth-order valence-corrected chi connectivity index (χ4v) is 5.42. The fraction of sp³-hybridized carbons (Fsp3) is 0.222. The van der Waals surface area contributed by atoms with Gasteiger partial charge in [-0.05, 0) is 61.4 Å². The van der Waals surface area contributed by atoms with Crippen LogP contribution < -0.4 is 5.69 Å². The number of H-pyrrole nitrogens is 1. The number of amides is 1. The van der Waals surface area contributed by atoms with Crippen LogP contribution in [0.1, 0.15) is 29.4 Å².